The highest BCUT2D eigenvalue weighted by Gasteiger charge is 2.31. The van der Waals surface area contributed by atoms with Gasteiger partial charge in [-0.2, -0.15) is 0 Å². The second-order valence-corrected chi connectivity index (χ2v) is 4.91. The number of alkyl halides is 3. The van der Waals surface area contributed by atoms with Gasteiger partial charge in [-0.15, -0.1) is 25.6 Å². The standard InChI is InChI=1S/C15H19F3N2O4.ClH/c1-23-14(22)9-12(20-13(21)3-2-8-19)10-4-6-11(7-5-10)24-15(16,17)18;/h4-7,12H,2-3,8-9,19H2,1H3,(H,20,21);1H. The third kappa shape index (κ3) is 9.16. The molecule has 1 amide bonds. The van der Waals surface area contributed by atoms with E-state index in [1.807, 2.05) is 0 Å². The van der Waals surface area contributed by atoms with Crippen molar-refractivity contribution in [1.29, 1.82) is 0 Å². The van der Waals surface area contributed by atoms with Crippen molar-refractivity contribution in [1.82, 2.24) is 5.32 Å². The second-order valence-electron chi connectivity index (χ2n) is 4.91. The molecule has 0 saturated carbocycles. The zero-order valence-electron chi connectivity index (χ0n) is 13.5. The summed E-state index contributed by atoms with van der Waals surface area (Å²) in [6, 6.07) is 4.19. The highest BCUT2D eigenvalue weighted by Crippen LogP contribution is 2.25. The molecule has 142 valence electrons. The Morgan fingerprint density at radius 1 is 1.24 bits per heavy atom. The van der Waals surface area contributed by atoms with E-state index in [-0.39, 0.29) is 31.2 Å². The van der Waals surface area contributed by atoms with Crippen LogP contribution >= 0.6 is 12.4 Å². The van der Waals surface area contributed by atoms with E-state index >= 15 is 0 Å². The number of rotatable bonds is 8. The number of ether oxygens (including phenoxy) is 2. The quantitative estimate of drug-likeness (QED) is 0.672. The Hall–Kier alpha value is -2.00. The number of halogens is 4. The lowest BCUT2D eigenvalue weighted by atomic mass is 10.0. The lowest BCUT2D eigenvalue weighted by Crippen LogP contribution is -2.30. The second kappa shape index (κ2) is 10.8. The fraction of sp³-hybridized carbons (Fsp3) is 0.467. The molecule has 0 aliphatic carbocycles. The lowest BCUT2D eigenvalue weighted by molar-refractivity contribution is -0.274. The molecule has 0 aliphatic heterocycles. The van der Waals surface area contributed by atoms with Crippen molar-refractivity contribution >= 4 is 24.3 Å². The Morgan fingerprint density at radius 3 is 2.32 bits per heavy atom. The van der Waals surface area contributed by atoms with E-state index < -0.39 is 24.1 Å². The van der Waals surface area contributed by atoms with Gasteiger partial charge >= 0.3 is 12.3 Å². The average molecular weight is 385 g/mol. The number of esters is 1. The Morgan fingerprint density at radius 2 is 1.84 bits per heavy atom. The van der Waals surface area contributed by atoms with E-state index in [0.717, 1.165) is 12.1 Å². The molecule has 1 atom stereocenters. The minimum atomic E-state index is -4.79. The van der Waals surface area contributed by atoms with Gasteiger partial charge in [-0.1, -0.05) is 12.1 Å². The molecule has 0 saturated heterocycles. The Kier molecular flexibility index (Phi) is 9.92. The van der Waals surface area contributed by atoms with Gasteiger partial charge in [0.05, 0.1) is 19.6 Å². The van der Waals surface area contributed by atoms with Crippen molar-refractivity contribution < 1.29 is 32.2 Å². The number of benzene rings is 1. The molecular formula is C15H20ClF3N2O4. The third-order valence-corrected chi connectivity index (χ3v) is 3.06. The number of nitrogens with one attached hydrogen (secondary N) is 1. The summed E-state index contributed by atoms with van der Waals surface area (Å²) in [6.07, 6.45) is -4.27. The molecule has 0 spiro atoms. The summed E-state index contributed by atoms with van der Waals surface area (Å²) >= 11 is 0. The fourth-order valence-electron chi connectivity index (χ4n) is 1.93. The van der Waals surface area contributed by atoms with Gasteiger partial charge in [-0.05, 0) is 30.7 Å². The molecule has 0 aliphatic rings. The van der Waals surface area contributed by atoms with Crippen LogP contribution in [0.25, 0.3) is 0 Å². The molecule has 0 aromatic heterocycles. The van der Waals surface area contributed by atoms with Crippen LogP contribution in [0, 0.1) is 0 Å². The minimum absolute atomic E-state index is 0. The Bertz CT molecular complexity index is 553. The monoisotopic (exact) mass is 384 g/mol. The van der Waals surface area contributed by atoms with Gasteiger partial charge in [0, 0.05) is 6.42 Å². The normalized spacial score (nSPS) is 11.9. The van der Waals surface area contributed by atoms with Crippen LogP contribution in [0.2, 0.25) is 0 Å². The van der Waals surface area contributed by atoms with Crippen LogP contribution < -0.4 is 15.8 Å². The summed E-state index contributed by atoms with van der Waals surface area (Å²) in [5.74, 6) is -1.27. The molecule has 1 aromatic rings. The van der Waals surface area contributed by atoms with Crippen molar-refractivity contribution in [3.05, 3.63) is 29.8 Å². The van der Waals surface area contributed by atoms with Crippen LogP contribution in [0.1, 0.15) is 30.9 Å². The van der Waals surface area contributed by atoms with E-state index in [1.54, 1.807) is 0 Å². The highest BCUT2D eigenvalue weighted by atomic mass is 35.5. The van der Waals surface area contributed by atoms with Crippen LogP contribution in [0.4, 0.5) is 13.2 Å². The van der Waals surface area contributed by atoms with Gasteiger partial charge in [0.1, 0.15) is 5.75 Å². The maximum absolute atomic E-state index is 12.2. The maximum atomic E-state index is 12.2. The molecule has 0 radical (unpaired) electrons. The topological polar surface area (TPSA) is 90.7 Å². The summed E-state index contributed by atoms with van der Waals surface area (Å²) in [4.78, 5) is 23.3. The zero-order valence-corrected chi connectivity index (χ0v) is 14.3. The Labute approximate surface area is 149 Å². The summed E-state index contributed by atoms with van der Waals surface area (Å²) < 4.78 is 44.8. The molecule has 25 heavy (non-hydrogen) atoms. The first-order chi connectivity index (χ1) is 11.2. The summed E-state index contributed by atoms with van der Waals surface area (Å²) in [6.45, 7) is 0.346. The van der Waals surface area contributed by atoms with Gasteiger partial charge in [0.25, 0.3) is 0 Å². The zero-order chi connectivity index (χ0) is 18.2. The number of hydrogen-bond acceptors (Lipinski definition) is 5. The van der Waals surface area contributed by atoms with Crippen molar-refractivity contribution in [2.45, 2.75) is 31.7 Å². The predicted molar refractivity (Wildman–Crippen MR) is 86.2 cm³/mol. The molecule has 1 aromatic carbocycles. The van der Waals surface area contributed by atoms with Crippen molar-refractivity contribution in [2.75, 3.05) is 13.7 Å². The summed E-state index contributed by atoms with van der Waals surface area (Å²) in [5.41, 5.74) is 5.78. The number of amides is 1. The van der Waals surface area contributed by atoms with E-state index in [2.05, 4.69) is 14.8 Å². The van der Waals surface area contributed by atoms with Crippen LogP contribution in [0.3, 0.4) is 0 Å². The maximum Gasteiger partial charge on any atom is 0.573 e. The molecule has 1 unspecified atom stereocenters. The molecule has 0 bridgehead atoms. The van der Waals surface area contributed by atoms with Gasteiger partial charge in [0.15, 0.2) is 0 Å². The van der Waals surface area contributed by atoms with Crippen molar-refractivity contribution in [3.8, 4) is 5.75 Å². The summed E-state index contributed by atoms with van der Waals surface area (Å²) in [7, 11) is 1.20. The van der Waals surface area contributed by atoms with Gasteiger partial charge < -0.3 is 20.5 Å². The predicted octanol–water partition coefficient (Wildman–Crippen LogP) is 2.47. The SMILES string of the molecule is COC(=O)CC(NC(=O)CCCN)c1ccc(OC(F)(F)F)cc1.Cl. The van der Waals surface area contributed by atoms with E-state index in [4.69, 9.17) is 5.73 Å². The smallest absolute Gasteiger partial charge is 0.469 e. The third-order valence-electron chi connectivity index (χ3n) is 3.06. The number of hydrogen-bond donors (Lipinski definition) is 2. The first kappa shape index (κ1) is 23.0. The first-order valence-electron chi connectivity index (χ1n) is 7.17. The average Bonchev–Trinajstić information content (AvgIpc) is 2.51. The van der Waals surface area contributed by atoms with Crippen LogP contribution in [-0.4, -0.2) is 31.9 Å². The van der Waals surface area contributed by atoms with Gasteiger partial charge in [0.2, 0.25) is 5.91 Å². The minimum Gasteiger partial charge on any atom is -0.469 e. The number of nitrogens with two attached hydrogens (primary N) is 1. The molecule has 0 heterocycles. The number of methoxy groups -OCH3 is 1. The molecular weight excluding hydrogens is 365 g/mol. The molecule has 3 N–H and O–H groups in total. The van der Waals surface area contributed by atoms with E-state index in [0.29, 0.717) is 18.5 Å². The molecule has 6 nitrogen and oxygen atoms in total. The molecule has 10 heteroatoms. The first-order valence-corrected chi connectivity index (χ1v) is 7.17. The van der Waals surface area contributed by atoms with E-state index in [9.17, 15) is 22.8 Å². The van der Waals surface area contributed by atoms with E-state index in [1.165, 1.54) is 19.2 Å². The fourth-order valence-corrected chi connectivity index (χ4v) is 1.93. The largest absolute Gasteiger partial charge is 0.573 e. The molecule has 0 fully saturated rings. The number of carbonyl (C=O) groups excluding carboxylic acids is 2. The number of carbonyl (C=O) groups is 2. The van der Waals surface area contributed by atoms with Crippen LogP contribution in [0.15, 0.2) is 24.3 Å². The van der Waals surface area contributed by atoms with Crippen LogP contribution in [0.5, 0.6) is 5.75 Å². The lowest BCUT2D eigenvalue weighted by Gasteiger charge is -2.19. The van der Waals surface area contributed by atoms with Crippen molar-refractivity contribution in [3.63, 3.8) is 0 Å². The van der Waals surface area contributed by atoms with Gasteiger partial charge in [-0.25, -0.2) is 0 Å². The van der Waals surface area contributed by atoms with Gasteiger partial charge in [-0.3, -0.25) is 9.59 Å². The summed E-state index contributed by atoms with van der Waals surface area (Å²) in [5, 5.41) is 2.64. The highest BCUT2D eigenvalue weighted by molar-refractivity contribution is 5.85. The molecule has 1 rings (SSSR count). The Balaban J connectivity index is 0.00000576. The van der Waals surface area contributed by atoms with Crippen molar-refractivity contribution in [2.24, 2.45) is 5.73 Å². The van der Waals surface area contributed by atoms with Crippen LogP contribution in [-0.2, 0) is 14.3 Å².